The van der Waals surface area contributed by atoms with Gasteiger partial charge < -0.3 is 15.7 Å². The summed E-state index contributed by atoms with van der Waals surface area (Å²) in [5.74, 6) is 0.874. The number of rotatable bonds is 1. The number of aromatic hydroxyl groups is 1. The molecule has 1 aromatic carbocycles. The fourth-order valence-corrected chi connectivity index (χ4v) is 6.75. The third-order valence-corrected chi connectivity index (χ3v) is 7.29. The predicted octanol–water partition coefficient (Wildman–Crippen LogP) is 4.64. The Morgan fingerprint density at radius 1 is 1.29 bits per heavy atom. The van der Waals surface area contributed by atoms with E-state index in [0.29, 0.717) is 11.5 Å². The number of amides is 1. The van der Waals surface area contributed by atoms with E-state index in [1.807, 2.05) is 12.1 Å². The Morgan fingerprint density at radius 3 is 2.88 bits per heavy atom. The van der Waals surface area contributed by atoms with Crippen LogP contribution in [0.4, 0.5) is 5.00 Å². The standard InChI is InChI=1S/C17H16I2N2O2S/c1-7-2-3-9-12(4-7)24-17-13(9)16(23)20-15(21-17)10-5-8(18)6-11(19)14(10)22/h5-7,15,21-22H,2-4H2,1H3,(H,20,23)/t7-,15-/m0/s1. The van der Waals surface area contributed by atoms with E-state index in [2.05, 4.69) is 62.7 Å². The third kappa shape index (κ3) is 2.82. The minimum atomic E-state index is -0.397. The molecule has 2 heterocycles. The van der Waals surface area contributed by atoms with E-state index in [4.69, 9.17) is 0 Å². The van der Waals surface area contributed by atoms with Crippen LogP contribution in [0.1, 0.15) is 45.9 Å². The van der Waals surface area contributed by atoms with Crippen LogP contribution in [0.2, 0.25) is 0 Å². The maximum atomic E-state index is 12.7. The SMILES string of the molecule is C[C@H]1CCc2c(sc3c2C(=O)N[C@H](c2cc(I)cc(I)c2O)N3)C1. The Morgan fingerprint density at radius 2 is 2.08 bits per heavy atom. The van der Waals surface area contributed by atoms with Gasteiger partial charge in [0, 0.05) is 14.0 Å². The van der Waals surface area contributed by atoms with Crippen molar-refractivity contribution in [2.75, 3.05) is 5.32 Å². The van der Waals surface area contributed by atoms with E-state index in [0.717, 1.165) is 37.0 Å². The van der Waals surface area contributed by atoms with E-state index in [1.54, 1.807) is 11.3 Å². The zero-order valence-corrected chi connectivity index (χ0v) is 18.1. The van der Waals surface area contributed by atoms with Crippen LogP contribution in [0.25, 0.3) is 0 Å². The second-order valence-electron chi connectivity index (χ2n) is 6.43. The molecule has 126 valence electrons. The minimum absolute atomic E-state index is 0.0333. The molecule has 1 aliphatic carbocycles. The number of hydrogen-bond donors (Lipinski definition) is 3. The fourth-order valence-electron chi connectivity index (χ4n) is 3.42. The molecule has 0 bridgehead atoms. The highest BCUT2D eigenvalue weighted by atomic mass is 127. The van der Waals surface area contributed by atoms with Crippen LogP contribution in [-0.2, 0) is 12.8 Å². The maximum absolute atomic E-state index is 12.7. The normalized spacial score (nSPS) is 22.4. The zero-order chi connectivity index (χ0) is 17.0. The van der Waals surface area contributed by atoms with E-state index >= 15 is 0 Å². The number of phenolic OH excluding ortho intramolecular Hbond substituents is 1. The van der Waals surface area contributed by atoms with Gasteiger partial charge in [0.15, 0.2) is 0 Å². The molecule has 0 unspecified atom stereocenters. The van der Waals surface area contributed by atoms with Crippen LogP contribution in [0.15, 0.2) is 12.1 Å². The molecular formula is C17H16I2N2O2S. The summed E-state index contributed by atoms with van der Waals surface area (Å²) in [6, 6.07) is 3.83. The largest absolute Gasteiger partial charge is 0.506 e. The van der Waals surface area contributed by atoms with Gasteiger partial charge in [-0.05, 0) is 88.1 Å². The van der Waals surface area contributed by atoms with Crippen LogP contribution in [-0.4, -0.2) is 11.0 Å². The van der Waals surface area contributed by atoms with Gasteiger partial charge in [0.2, 0.25) is 0 Å². The molecule has 1 aliphatic heterocycles. The molecule has 3 N–H and O–H groups in total. The van der Waals surface area contributed by atoms with Gasteiger partial charge >= 0.3 is 0 Å². The molecule has 1 amide bonds. The molecule has 2 atom stereocenters. The van der Waals surface area contributed by atoms with Gasteiger partial charge in [-0.15, -0.1) is 11.3 Å². The van der Waals surface area contributed by atoms with Crippen LogP contribution in [0, 0.1) is 13.1 Å². The molecule has 7 heteroatoms. The maximum Gasteiger partial charge on any atom is 0.256 e. The number of carbonyl (C=O) groups excluding carboxylic acids is 1. The summed E-state index contributed by atoms with van der Waals surface area (Å²) >= 11 is 6.04. The van der Waals surface area contributed by atoms with Crippen molar-refractivity contribution in [1.82, 2.24) is 5.32 Å². The number of thiophene rings is 1. The van der Waals surface area contributed by atoms with Crippen molar-refractivity contribution in [3.8, 4) is 5.75 Å². The first-order chi connectivity index (χ1) is 11.4. The number of halogens is 2. The summed E-state index contributed by atoms with van der Waals surface area (Å²) in [6.45, 7) is 2.27. The van der Waals surface area contributed by atoms with Crippen molar-refractivity contribution in [3.63, 3.8) is 0 Å². The molecule has 0 fully saturated rings. The minimum Gasteiger partial charge on any atom is -0.506 e. The topological polar surface area (TPSA) is 61.4 Å². The summed E-state index contributed by atoms with van der Waals surface area (Å²) in [6.07, 6.45) is 2.78. The van der Waals surface area contributed by atoms with Gasteiger partial charge in [-0.25, -0.2) is 0 Å². The second kappa shape index (κ2) is 6.31. The highest BCUT2D eigenvalue weighted by molar-refractivity contribution is 14.1. The lowest BCUT2D eigenvalue weighted by Gasteiger charge is -2.28. The van der Waals surface area contributed by atoms with Gasteiger partial charge in [0.05, 0.1) is 9.13 Å². The van der Waals surface area contributed by atoms with Crippen LogP contribution in [0.5, 0.6) is 5.75 Å². The first kappa shape index (κ1) is 16.9. The Kier molecular flexibility index (Phi) is 4.44. The van der Waals surface area contributed by atoms with Gasteiger partial charge in [0.1, 0.15) is 16.9 Å². The quantitative estimate of drug-likeness (QED) is 0.441. The number of anilines is 1. The van der Waals surface area contributed by atoms with Crippen molar-refractivity contribution >= 4 is 67.4 Å². The summed E-state index contributed by atoms with van der Waals surface area (Å²) in [7, 11) is 0. The van der Waals surface area contributed by atoms with Gasteiger partial charge in [-0.2, -0.15) is 0 Å². The monoisotopic (exact) mass is 566 g/mol. The second-order valence-corrected chi connectivity index (χ2v) is 9.95. The Balaban J connectivity index is 1.74. The molecule has 24 heavy (non-hydrogen) atoms. The Hall–Kier alpha value is -0.550. The lowest BCUT2D eigenvalue weighted by Crippen LogP contribution is -2.38. The zero-order valence-electron chi connectivity index (χ0n) is 13.0. The molecular weight excluding hydrogens is 550 g/mol. The van der Waals surface area contributed by atoms with Crippen molar-refractivity contribution in [2.24, 2.45) is 5.92 Å². The molecule has 0 spiro atoms. The Labute approximate surface area is 171 Å². The summed E-state index contributed by atoms with van der Waals surface area (Å²) < 4.78 is 1.82. The van der Waals surface area contributed by atoms with E-state index in [-0.39, 0.29) is 11.7 Å². The van der Waals surface area contributed by atoms with Gasteiger partial charge in [-0.1, -0.05) is 6.92 Å². The number of hydrogen-bond acceptors (Lipinski definition) is 4. The van der Waals surface area contributed by atoms with Gasteiger partial charge in [0.25, 0.3) is 5.91 Å². The molecule has 4 rings (SSSR count). The van der Waals surface area contributed by atoms with Crippen LogP contribution in [0.3, 0.4) is 0 Å². The van der Waals surface area contributed by atoms with E-state index < -0.39 is 6.17 Å². The van der Waals surface area contributed by atoms with Crippen molar-refractivity contribution < 1.29 is 9.90 Å². The average molecular weight is 566 g/mol. The third-order valence-electron chi connectivity index (χ3n) is 4.66. The highest BCUT2D eigenvalue weighted by Gasteiger charge is 2.34. The fraction of sp³-hybridized carbons (Fsp3) is 0.353. The lowest BCUT2D eigenvalue weighted by molar-refractivity contribution is 0.0935. The van der Waals surface area contributed by atoms with Gasteiger partial charge in [-0.3, -0.25) is 4.79 Å². The molecule has 4 nitrogen and oxygen atoms in total. The first-order valence-electron chi connectivity index (χ1n) is 7.84. The van der Waals surface area contributed by atoms with E-state index in [1.165, 1.54) is 10.4 Å². The number of carbonyl (C=O) groups is 1. The van der Waals surface area contributed by atoms with Crippen LogP contribution < -0.4 is 10.6 Å². The molecule has 1 aromatic heterocycles. The predicted molar refractivity (Wildman–Crippen MR) is 113 cm³/mol. The highest BCUT2D eigenvalue weighted by Crippen LogP contribution is 2.43. The van der Waals surface area contributed by atoms with E-state index in [9.17, 15) is 9.90 Å². The number of benzene rings is 1. The van der Waals surface area contributed by atoms with Crippen molar-refractivity contribution in [2.45, 2.75) is 32.4 Å². The Bertz CT molecular complexity index is 850. The molecule has 2 aliphatic rings. The van der Waals surface area contributed by atoms with Crippen molar-refractivity contribution in [3.05, 3.63) is 40.8 Å². The number of nitrogens with one attached hydrogen (secondary N) is 2. The average Bonchev–Trinajstić information content (AvgIpc) is 2.88. The summed E-state index contributed by atoms with van der Waals surface area (Å²) in [5.41, 5.74) is 2.75. The lowest BCUT2D eigenvalue weighted by atomic mass is 9.88. The number of phenols is 1. The molecule has 0 saturated carbocycles. The first-order valence-corrected chi connectivity index (χ1v) is 10.8. The molecule has 0 radical (unpaired) electrons. The van der Waals surface area contributed by atoms with Crippen molar-refractivity contribution in [1.29, 1.82) is 0 Å². The number of fused-ring (bicyclic) bond motifs is 3. The van der Waals surface area contributed by atoms with Crippen LogP contribution >= 0.6 is 56.5 Å². The molecule has 2 aromatic rings. The molecule has 0 saturated heterocycles. The smallest absolute Gasteiger partial charge is 0.256 e. The summed E-state index contributed by atoms with van der Waals surface area (Å²) in [5, 5.41) is 17.8. The summed E-state index contributed by atoms with van der Waals surface area (Å²) in [4.78, 5) is 14.1.